The highest BCUT2D eigenvalue weighted by Crippen LogP contribution is 2.28. The van der Waals surface area contributed by atoms with Gasteiger partial charge in [0.15, 0.2) is 5.13 Å². The smallest absolute Gasteiger partial charge is 0.261 e. The van der Waals surface area contributed by atoms with Crippen molar-refractivity contribution in [2.24, 2.45) is 0 Å². The van der Waals surface area contributed by atoms with Gasteiger partial charge in [0, 0.05) is 21.5 Å². The van der Waals surface area contributed by atoms with Crippen molar-refractivity contribution in [1.82, 2.24) is 4.98 Å². The molecule has 0 bridgehead atoms. The van der Waals surface area contributed by atoms with E-state index in [9.17, 15) is 17.6 Å². The van der Waals surface area contributed by atoms with Crippen LogP contribution in [-0.2, 0) is 14.8 Å². The molecule has 1 amide bonds. The third kappa shape index (κ3) is 6.47. The number of halogens is 1. The zero-order chi connectivity index (χ0) is 25.0. The van der Waals surface area contributed by atoms with Crippen LogP contribution in [0.4, 0.5) is 15.2 Å². The van der Waals surface area contributed by atoms with E-state index in [0.717, 1.165) is 16.0 Å². The molecule has 35 heavy (non-hydrogen) atoms. The van der Waals surface area contributed by atoms with Gasteiger partial charge in [0.05, 0.1) is 15.8 Å². The van der Waals surface area contributed by atoms with Crippen LogP contribution >= 0.6 is 23.1 Å². The fraction of sp³-hybridized carbons (Fsp3) is 0.120. The average Bonchev–Trinajstić information content (AvgIpc) is 3.29. The van der Waals surface area contributed by atoms with Gasteiger partial charge in [-0.25, -0.2) is 17.8 Å². The van der Waals surface area contributed by atoms with E-state index in [0.29, 0.717) is 16.5 Å². The summed E-state index contributed by atoms with van der Waals surface area (Å²) in [5.41, 5.74) is 2.84. The molecule has 6 nitrogen and oxygen atoms in total. The molecule has 0 spiro atoms. The molecule has 4 rings (SSSR count). The summed E-state index contributed by atoms with van der Waals surface area (Å²) < 4.78 is 40.8. The van der Waals surface area contributed by atoms with Crippen LogP contribution in [0.1, 0.15) is 12.5 Å². The van der Waals surface area contributed by atoms with Crippen LogP contribution in [0.25, 0.3) is 11.3 Å². The lowest BCUT2D eigenvalue weighted by Gasteiger charge is -2.12. The quantitative estimate of drug-likeness (QED) is 0.267. The van der Waals surface area contributed by atoms with Crippen molar-refractivity contribution in [3.8, 4) is 11.3 Å². The topological polar surface area (TPSA) is 88.2 Å². The van der Waals surface area contributed by atoms with Crippen molar-refractivity contribution >= 4 is 49.8 Å². The second kappa shape index (κ2) is 10.6. The fourth-order valence-corrected chi connectivity index (χ4v) is 5.73. The number of aromatic nitrogens is 1. The zero-order valence-electron chi connectivity index (χ0n) is 18.9. The van der Waals surface area contributed by atoms with E-state index in [4.69, 9.17) is 0 Å². The van der Waals surface area contributed by atoms with Crippen LogP contribution in [0.15, 0.2) is 88.0 Å². The number of amides is 1. The highest BCUT2D eigenvalue weighted by atomic mass is 32.2. The number of benzene rings is 3. The Morgan fingerprint density at radius 3 is 2.31 bits per heavy atom. The Morgan fingerprint density at radius 1 is 1.00 bits per heavy atom. The van der Waals surface area contributed by atoms with Crippen LogP contribution in [-0.4, -0.2) is 24.6 Å². The maximum absolute atomic E-state index is 13.1. The highest BCUT2D eigenvalue weighted by molar-refractivity contribution is 8.00. The molecule has 0 fully saturated rings. The SMILES string of the molecule is Cc1ccc(S(=O)(=O)Nc2ccc(SC(C)C(=O)Nc3nc(-c4ccc(F)cc4)cs3)cc2)cc1. The van der Waals surface area contributed by atoms with E-state index in [2.05, 4.69) is 15.0 Å². The molecule has 1 aromatic heterocycles. The van der Waals surface area contributed by atoms with E-state index in [1.807, 2.05) is 6.92 Å². The molecule has 4 aromatic rings. The number of thiazole rings is 1. The minimum absolute atomic E-state index is 0.191. The normalized spacial score (nSPS) is 12.2. The molecule has 0 radical (unpaired) electrons. The lowest BCUT2D eigenvalue weighted by atomic mass is 10.2. The number of rotatable bonds is 8. The number of thioether (sulfide) groups is 1. The first kappa shape index (κ1) is 24.9. The van der Waals surface area contributed by atoms with Crippen molar-refractivity contribution in [2.45, 2.75) is 28.9 Å². The van der Waals surface area contributed by atoms with Crippen molar-refractivity contribution in [3.05, 3.63) is 89.6 Å². The molecule has 0 saturated heterocycles. The van der Waals surface area contributed by atoms with Crippen LogP contribution < -0.4 is 10.0 Å². The molecular weight excluding hydrogens is 505 g/mol. The van der Waals surface area contributed by atoms with Gasteiger partial charge in [0.2, 0.25) is 5.91 Å². The molecule has 1 unspecified atom stereocenters. The number of anilines is 2. The Morgan fingerprint density at radius 2 is 1.66 bits per heavy atom. The third-order valence-electron chi connectivity index (χ3n) is 4.99. The van der Waals surface area contributed by atoms with Gasteiger partial charge in [0.1, 0.15) is 5.82 Å². The van der Waals surface area contributed by atoms with Gasteiger partial charge in [0.25, 0.3) is 10.0 Å². The van der Waals surface area contributed by atoms with Gasteiger partial charge in [-0.2, -0.15) is 0 Å². The summed E-state index contributed by atoms with van der Waals surface area (Å²) in [7, 11) is -3.68. The molecule has 1 heterocycles. The van der Waals surface area contributed by atoms with Gasteiger partial charge in [-0.15, -0.1) is 23.1 Å². The predicted molar refractivity (Wildman–Crippen MR) is 140 cm³/mol. The summed E-state index contributed by atoms with van der Waals surface area (Å²) in [6.07, 6.45) is 0. The number of hydrogen-bond donors (Lipinski definition) is 2. The molecule has 0 aliphatic heterocycles. The van der Waals surface area contributed by atoms with Crippen molar-refractivity contribution in [2.75, 3.05) is 10.0 Å². The number of carbonyl (C=O) groups is 1. The summed E-state index contributed by atoms with van der Waals surface area (Å²) in [4.78, 5) is 18.0. The molecule has 0 saturated carbocycles. The number of sulfonamides is 1. The minimum atomic E-state index is -3.68. The molecule has 0 aliphatic carbocycles. The average molecular weight is 528 g/mol. The Bertz CT molecular complexity index is 1420. The molecular formula is C25H22FN3O3S3. The van der Waals surface area contributed by atoms with E-state index in [1.54, 1.807) is 73.0 Å². The number of nitrogens with one attached hydrogen (secondary N) is 2. The first-order valence-electron chi connectivity index (χ1n) is 10.6. The minimum Gasteiger partial charge on any atom is -0.301 e. The Labute approximate surface area is 211 Å². The molecule has 180 valence electrons. The highest BCUT2D eigenvalue weighted by Gasteiger charge is 2.17. The van der Waals surface area contributed by atoms with Crippen LogP contribution in [0.2, 0.25) is 0 Å². The molecule has 10 heteroatoms. The maximum atomic E-state index is 13.1. The number of aryl methyl sites for hydroxylation is 1. The summed E-state index contributed by atoms with van der Waals surface area (Å²) >= 11 is 2.64. The Balaban J connectivity index is 1.34. The largest absolute Gasteiger partial charge is 0.301 e. The maximum Gasteiger partial charge on any atom is 0.261 e. The summed E-state index contributed by atoms with van der Waals surface area (Å²) in [6.45, 7) is 3.67. The second-order valence-corrected chi connectivity index (χ2v) is 11.7. The summed E-state index contributed by atoms with van der Waals surface area (Å²) in [5.74, 6) is -0.529. The lowest BCUT2D eigenvalue weighted by molar-refractivity contribution is -0.115. The zero-order valence-corrected chi connectivity index (χ0v) is 21.3. The van der Waals surface area contributed by atoms with Crippen LogP contribution in [0.5, 0.6) is 0 Å². The van der Waals surface area contributed by atoms with Crippen LogP contribution in [0.3, 0.4) is 0 Å². The second-order valence-electron chi connectivity index (χ2n) is 7.74. The van der Waals surface area contributed by atoms with Gasteiger partial charge in [-0.1, -0.05) is 17.7 Å². The van der Waals surface area contributed by atoms with E-state index in [-0.39, 0.29) is 16.6 Å². The van der Waals surface area contributed by atoms with Crippen molar-refractivity contribution < 1.29 is 17.6 Å². The molecule has 3 aromatic carbocycles. The molecule has 2 N–H and O–H groups in total. The van der Waals surface area contributed by atoms with Gasteiger partial charge >= 0.3 is 0 Å². The van der Waals surface area contributed by atoms with E-state index in [1.165, 1.54) is 35.2 Å². The standard InChI is InChI=1S/C25H22FN3O3S3/c1-16-3-13-22(14-4-16)35(31,32)29-20-9-11-21(12-10-20)34-17(2)24(30)28-25-27-23(15-33-25)18-5-7-19(26)8-6-18/h3-15,17,29H,1-2H3,(H,27,28,30). The lowest BCUT2D eigenvalue weighted by Crippen LogP contribution is -2.22. The predicted octanol–water partition coefficient (Wildman–Crippen LogP) is 6.18. The summed E-state index contributed by atoms with van der Waals surface area (Å²) in [6, 6.07) is 19.5. The first-order chi connectivity index (χ1) is 16.7. The van der Waals surface area contributed by atoms with Crippen LogP contribution in [0, 0.1) is 12.7 Å². The first-order valence-corrected chi connectivity index (χ1v) is 13.8. The van der Waals surface area contributed by atoms with Crippen molar-refractivity contribution in [1.29, 1.82) is 0 Å². The Hall–Kier alpha value is -3.21. The van der Waals surface area contributed by atoms with E-state index < -0.39 is 15.3 Å². The van der Waals surface area contributed by atoms with Gasteiger partial charge in [-0.3, -0.25) is 9.52 Å². The van der Waals surface area contributed by atoms with Gasteiger partial charge < -0.3 is 5.32 Å². The number of carbonyl (C=O) groups excluding carboxylic acids is 1. The monoisotopic (exact) mass is 527 g/mol. The van der Waals surface area contributed by atoms with E-state index >= 15 is 0 Å². The fourth-order valence-electron chi connectivity index (χ4n) is 3.08. The van der Waals surface area contributed by atoms with Gasteiger partial charge in [-0.05, 0) is 74.5 Å². The number of nitrogens with zero attached hydrogens (tertiary/aromatic N) is 1. The van der Waals surface area contributed by atoms with Crippen molar-refractivity contribution in [3.63, 3.8) is 0 Å². The Kier molecular flexibility index (Phi) is 7.54. The molecule has 1 atom stereocenters. The molecule has 0 aliphatic rings. The number of hydrogen-bond acceptors (Lipinski definition) is 6. The summed E-state index contributed by atoms with van der Waals surface area (Å²) in [5, 5.41) is 4.66. The third-order valence-corrected chi connectivity index (χ3v) is 8.26.